The largest absolute Gasteiger partial charge is 0.466 e. The number of hydrogen-bond acceptors (Lipinski definition) is 5. The molecule has 5 nitrogen and oxygen atoms in total. The van der Waals surface area contributed by atoms with Crippen molar-refractivity contribution in [3.05, 3.63) is 0 Å². The normalized spacial score (nSPS) is 13.0. The quantitative estimate of drug-likeness (QED) is 0.133. The molecule has 0 saturated heterocycles. The van der Waals surface area contributed by atoms with Crippen LogP contribution in [0.25, 0.3) is 0 Å². The minimum atomic E-state index is -0.245. The minimum Gasteiger partial charge on any atom is -0.466 e. The standard InChI is InChI=1S/C26H50O5/c1-5-6-7-8-9-10-11-12-13-14-15-16-21-30-25(27)18-17-19-26(28)31-24(3)23(2)20-22-29-4/h23-24H,5-22H2,1-4H3. The summed E-state index contributed by atoms with van der Waals surface area (Å²) in [4.78, 5) is 23.7. The lowest BCUT2D eigenvalue weighted by atomic mass is 10.0. The summed E-state index contributed by atoms with van der Waals surface area (Å²) in [7, 11) is 1.67. The Morgan fingerprint density at radius 1 is 0.677 bits per heavy atom. The average molecular weight is 443 g/mol. The van der Waals surface area contributed by atoms with Crippen molar-refractivity contribution in [3.8, 4) is 0 Å². The third kappa shape index (κ3) is 20.6. The number of rotatable bonds is 22. The summed E-state index contributed by atoms with van der Waals surface area (Å²) in [6.45, 7) is 7.36. The summed E-state index contributed by atoms with van der Waals surface area (Å²) < 4.78 is 15.8. The van der Waals surface area contributed by atoms with Gasteiger partial charge in [0.25, 0.3) is 0 Å². The van der Waals surface area contributed by atoms with E-state index in [2.05, 4.69) is 6.92 Å². The van der Waals surface area contributed by atoms with Crippen LogP contribution < -0.4 is 0 Å². The van der Waals surface area contributed by atoms with Gasteiger partial charge in [-0.15, -0.1) is 0 Å². The topological polar surface area (TPSA) is 61.8 Å². The second-order valence-corrected chi connectivity index (χ2v) is 8.92. The van der Waals surface area contributed by atoms with Crippen molar-refractivity contribution >= 4 is 11.9 Å². The van der Waals surface area contributed by atoms with Crippen LogP contribution in [0, 0.1) is 5.92 Å². The number of ether oxygens (including phenoxy) is 3. The van der Waals surface area contributed by atoms with Gasteiger partial charge < -0.3 is 14.2 Å². The molecule has 2 unspecified atom stereocenters. The summed E-state index contributed by atoms with van der Waals surface area (Å²) in [5.41, 5.74) is 0. The van der Waals surface area contributed by atoms with Gasteiger partial charge in [0, 0.05) is 26.6 Å². The van der Waals surface area contributed by atoms with Crippen LogP contribution in [0.2, 0.25) is 0 Å². The van der Waals surface area contributed by atoms with Crippen molar-refractivity contribution in [2.24, 2.45) is 5.92 Å². The van der Waals surface area contributed by atoms with Crippen molar-refractivity contribution in [2.45, 2.75) is 130 Å². The molecular weight excluding hydrogens is 392 g/mol. The second-order valence-electron chi connectivity index (χ2n) is 8.92. The van der Waals surface area contributed by atoms with Crippen molar-refractivity contribution in [3.63, 3.8) is 0 Å². The van der Waals surface area contributed by atoms with Crippen molar-refractivity contribution in [1.29, 1.82) is 0 Å². The Bertz CT molecular complexity index is 424. The predicted molar refractivity (Wildman–Crippen MR) is 127 cm³/mol. The van der Waals surface area contributed by atoms with E-state index in [1.54, 1.807) is 7.11 Å². The Kier molecular flexibility index (Phi) is 21.3. The molecule has 0 aliphatic carbocycles. The Labute approximate surface area is 192 Å². The van der Waals surface area contributed by atoms with Gasteiger partial charge in [0.05, 0.1) is 6.61 Å². The maximum Gasteiger partial charge on any atom is 0.306 e. The maximum atomic E-state index is 11.9. The van der Waals surface area contributed by atoms with E-state index in [-0.39, 0.29) is 36.8 Å². The monoisotopic (exact) mass is 442 g/mol. The van der Waals surface area contributed by atoms with E-state index >= 15 is 0 Å². The highest BCUT2D eigenvalue weighted by Gasteiger charge is 2.17. The molecular formula is C26H50O5. The van der Waals surface area contributed by atoms with E-state index in [0.29, 0.717) is 19.6 Å². The van der Waals surface area contributed by atoms with E-state index in [1.165, 1.54) is 64.2 Å². The number of methoxy groups -OCH3 is 1. The highest BCUT2D eigenvalue weighted by Crippen LogP contribution is 2.14. The number of hydrogen-bond donors (Lipinski definition) is 0. The summed E-state index contributed by atoms with van der Waals surface area (Å²) in [6.07, 6.45) is 17.2. The van der Waals surface area contributed by atoms with E-state index < -0.39 is 0 Å². The molecule has 5 heteroatoms. The zero-order valence-corrected chi connectivity index (χ0v) is 20.9. The Morgan fingerprint density at radius 2 is 1.19 bits per heavy atom. The molecule has 31 heavy (non-hydrogen) atoms. The molecule has 0 aromatic heterocycles. The first-order chi connectivity index (χ1) is 15.0. The Balaban J connectivity index is 3.45. The fourth-order valence-corrected chi connectivity index (χ4v) is 3.50. The van der Waals surface area contributed by atoms with Crippen LogP contribution in [-0.2, 0) is 23.8 Å². The van der Waals surface area contributed by atoms with Crippen molar-refractivity contribution < 1.29 is 23.8 Å². The lowest BCUT2D eigenvalue weighted by Crippen LogP contribution is -2.23. The Morgan fingerprint density at radius 3 is 1.74 bits per heavy atom. The van der Waals surface area contributed by atoms with Gasteiger partial charge in [-0.3, -0.25) is 9.59 Å². The summed E-state index contributed by atoms with van der Waals surface area (Å²) in [6, 6.07) is 0. The van der Waals surface area contributed by atoms with Crippen molar-refractivity contribution in [1.82, 2.24) is 0 Å². The number of esters is 2. The average Bonchev–Trinajstić information content (AvgIpc) is 2.75. The smallest absolute Gasteiger partial charge is 0.306 e. The lowest BCUT2D eigenvalue weighted by Gasteiger charge is -2.20. The molecule has 0 N–H and O–H groups in total. The molecule has 0 aromatic rings. The second kappa shape index (κ2) is 22.1. The molecule has 2 atom stereocenters. The first kappa shape index (κ1) is 29.9. The van der Waals surface area contributed by atoms with Crippen LogP contribution in [0.15, 0.2) is 0 Å². The molecule has 0 amide bonds. The van der Waals surface area contributed by atoms with Gasteiger partial charge in [-0.2, -0.15) is 0 Å². The van der Waals surface area contributed by atoms with Crippen LogP contribution in [0.1, 0.15) is 124 Å². The van der Waals surface area contributed by atoms with Crippen LogP contribution >= 0.6 is 0 Å². The molecule has 0 rings (SSSR count). The first-order valence-electron chi connectivity index (χ1n) is 12.8. The summed E-state index contributed by atoms with van der Waals surface area (Å²) >= 11 is 0. The first-order valence-corrected chi connectivity index (χ1v) is 12.8. The zero-order valence-electron chi connectivity index (χ0n) is 20.9. The molecule has 0 spiro atoms. The van der Waals surface area contributed by atoms with Gasteiger partial charge >= 0.3 is 11.9 Å². The van der Waals surface area contributed by atoms with E-state index in [4.69, 9.17) is 14.2 Å². The fourth-order valence-electron chi connectivity index (χ4n) is 3.50. The summed E-state index contributed by atoms with van der Waals surface area (Å²) in [5.74, 6) is -0.202. The minimum absolute atomic E-state index is 0.139. The molecule has 0 heterocycles. The molecule has 0 aliphatic heterocycles. The highest BCUT2D eigenvalue weighted by atomic mass is 16.5. The highest BCUT2D eigenvalue weighted by molar-refractivity contribution is 5.72. The number of unbranched alkanes of at least 4 members (excludes halogenated alkanes) is 11. The van der Waals surface area contributed by atoms with Crippen LogP contribution in [0.5, 0.6) is 0 Å². The Hall–Kier alpha value is -1.10. The van der Waals surface area contributed by atoms with E-state index in [1.807, 2.05) is 13.8 Å². The van der Waals surface area contributed by atoms with Crippen LogP contribution in [0.3, 0.4) is 0 Å². The molecule has 0 aromatic carbocycles. The van der Waals surface area contributed by atoms with Gasteiger partial charge in [-0.1, -0.05) is 84.5 Å². The SMILES string of the molecule is CCCCCCCCCCCCCCOC(=O)CCCC(=O)OC(C)C(C)CCOC. The van der Waals surface area contributed by atoms with Crippen LogP contribution in [0.4, 0.5) is 0 Å². The third-order valence-electron chi connectivity index (χ3n) is 5.92. The number of carbonyl (C=O) groups excluding carboxylic acids is 2. The zero-order chi connectivity index (χ0) is 23.2. The van der Waals surface area contributed by atoms with Gasteiger partial charge in [0.2, 0.25) is 0 Å². The lowest BCUT2D eigenvalue weighted by molar-refractivity contribution is -0.151. The van der Waals surface area contributed by atoms with E-state index in [0.717, 1.165) is 19.3 Å². The predicted octanol–water partition coefficient (Wildman–Crippen LogP) is 7.01. The third-order valence-corrected chi connectivity index (χ3v) is 5.92. The molecule has 0 fully saturated rings. The van der Waals surface area contributed by atoms with Gasteiger partial charge in [-0.05, 0) is 32.1 Å². The fraction of sp³-hybridized carbons (Fsp3) is 0.923. The molecule has 0 bridgehead atoms. The molecule has 184 valence electrons. The van der Waals surface area contributed by atoms with Gasteiger partial charge in [0.1, 0.15) is 6.10 Å². The van der Waals surface area contributed by atoms with Crippen LogP contribution in [-0.4, -0.2) is 38.4 Å². The molecule has 0 saturated carbocycles. The molecule has 0 aliphatic rings. The maximum absolute atomic E-state index is 11.9. The molecule has 0 radical (unpaired) electrons. The number of carbonyl (C=O) groups is 2. The van der Waals surface area contributed by atoms with Gasteiger partial charge in [0.15, 0.2) is 0 Å². The van der Waals surface area contributed by atoms with Gasteiger partial charge in [-0.25, -0.2) is 0 Å². The summed E-state index contributed by atoms with van der Waals surface area (Å²) in [5, 5.41) is 0. The van der Waals surface area contributed by atoms with E-state index in [9.17, 15) is 9.59 Å². The van der Waals surface area contributed by atoms with Crippen molar-refractivity contribution in [2.75, 3.05) is 20.3 Å².